The van der Waals surface area contributed by atoms with Gasteiger partial charge < -0.3 is 20.4 Å². The quantitative estimate of drug-likeness (QED) is 0.117. The molecule has 6 rings (SSSR count). The molecule has 0 unspecified atom stereocenters. The van der Waals surface area contributed by atoms with Crippen molar-refractivity contribution >= 4 is 40.7 Å². The van der Waals surface area contributed by atoms with Gasteiger partial charge in [0.05, 0.1) is 21.3 Å². The van der Waals surface area contributed by atoms with Gasteiger partial charge in [-0.3, -0.25) is 29.7 Å². The molecule has 0 saturated carbocycles. The number of likely N-dealkylation sites (tertiary alicyclic amines) is 2. The average molecular weight is 814 g/mol. The summed E-state index contributed by atoms with van der Waals surface area (Å²) in [5.41, 5.74) is 1.44. The van der Waals surface area contributed by atoms with Gasteiger partial charge in [0, 0.05) is 108 Å². The predicted octanol–water partition coefficient (Wildman–Crippen LogP) is 7.60. The van der Waals surface area contributed by atoms with E-state index < -0.39 is 22.1 Å². The molecule has 2 aliphatic rings. The van der Waals surface area contributed by atoms with E-state index >= 15 is 8.78 Å². The number of halogens is 5. The number of aryl methyl sites for hydroxylation is 2. The van der Waals surface area contributed by atoms with Gasteiger partial charge in [-0.1, -0.05) is 35.3 Å². The van der Waals surface area contributed by atoms with E-state index in [1.165, 1.54) is 36.4 Å². The van der Waals surface area contributed by atoms with Crippen LogP contribution in [0.4, 0.5) is 18.9 Å². The fourth-order valence-corrected chi connectivity index (χ4v) is 6.82. The van der Waals surface area contributed by atoms with E-state index in [4.69, 9.17) is 23.2 Å². The zero-order chi connectivity index (χ0) is 40.5. The van der Waals surface area contributed by atoms with Gasteiger partial charge >= 0.3 is 0 Å². The van der Waals surface area contributed by atoms with Crippen molar-refractivity contribution in [1.29, 1.82) is 0 Å². The molecule has 2 fully saturated rings. The van der Waals surface area contributed by atoms with Gasteiger partial charge in [-0.15, -0.1) is 0 Å². The van der Waals surface area contributed by atoms with Gasteiger partial charge in [-0.25, -0.2) is 13.2 Å². The van der Waals surface area contributed by atoms with Crippen molar-refractivity contribution < 1.29 is 27.7 Å². The van der Waals surface area contributed by atoms with E-state index in [9.17, 15) is 24.1 Å². The zero-order valence-corrected chi connectivity index (χ0v) is 32.7. The number of hydrogen-bond acceptors (Lipinski definition) is 8. The monoisotopic (exact) mass is 812 g/mol. The molecule has 298 valence electrons. The van der Waals surface area contributed by atoms with Crippen molar-refractivity contribution in [3.05, 3.63) is 133 Å². The van der Waals surface area contributed by atoms with Crippen LogP contribution in [-0.4, -0.2) is 87.1 Å². The molecule has 2 saturated heterocycles. The molecule has 0 bridgehead atoms. The van der Waals surface area contributed by atoms with Gasteiger partial charge in [0.2, 0.25) is 0 Å². The molecular formula is C40H44Cl2F3N7O4. The first kappa shape index (κ1) is 42.5. The largest absolute Gasteiger partial charge is 0.338 e. The second-order valence-corrected chi connectivity index (χ2v) is 15.1. The van der Waals surface area contributed by atoms with Crippen molar-refractivity contribution in [2.45, 2.75) is 64.0 Å². The normalized spacial score (nSPS) is 16.1. The summed E-state index contributed by atoms with van der Waals surface area (Å²) in [5.74, 6) is -1.12. The number of alkyl halides is 2. The third-order valence-electron chi connectivity index (χ3n) is 9.89. The summed E-state index contributed by atoms with van der Waals surface area (Å²) < 4.78 is 43.3. The lowest BCUT2D eigenvalue weighted by Gasteiger charge is -2.36. The summed E-state index contributed by atoms with van der Waals surface area (Å²) in [4.78, 5) is 47.1. The van der Waals surface area contributed by atoms with E-state index in [1.807, 2.05) is 38.1 Å². The molecule has 2 aromatic heterocycles. The number of nitro benzene ring substituents is 1. The Kier molecular flexibility index (Phi) is 14.4. The van der Waals surface area contributed by atoms with Crippen LogP contribution >= 0.6 is 23.2 Å². The molecule has 16 heteroatoms. The maximum Gasteiger partial charge on any atom is 0.287 e. The van der Waals surface area contributed by atoms with Gasteiger partial charge in [0.15, 0.2) is 0 Å². The van der Waals surface area contributed by atoms with Crippen molar-refractivity contribution in [2.75, 3.05) is 39.3 Å². The highest BCUT2D eigenvalue weighted by atomic mass is 35.5. The summed E-state index contributed by atoms with van der Waals surface area (Å²) >= 11 is 11.6. The number of nitrogens with one attached hydrogen (secondary N) is 2. The highest BCUT2D eigenvalue weighted by Crippen LogP contribution is 2.30. The van der Waals surface area contributed by atoms with Gasteiger partial charge in [0.1, 0.15) is 22.2 Å². The average Bonchev–Trinajstić information content (AvgIpc) is 3.17. The zero-order valence-electron chi connectivity index (χ0n) is 31.2. The van der Waals surface area contributed by atoms with Crippen LogP contribution < -0.4 is 10.6 Å². The maximum absolute atomic E-state index is 15.1. The Labute approximate surface area is 333 Å². The van der Waals surface area contributed by atoms with Crippen molar-refractivity contribution in [1.82, 2.24) is 30.4 Å². The van der Waals surface area contributed by atoms with Crippen LogP contribution in [0.25, 0.3) is 0 Å². The first-order valence-corrected chi connectivity index (χ1v) is 19.0. The Morgan fingerprint density at radius 1 is 0.732 bits per heavy atom. The molecule has 0 atom stereocenters. The van der Waals surface area contributed by atoms with E-state index in [-0.39, 0.29) is 85.0 Å². The molecule has 4 aromatic rings. The second-order valence-electron chi connectivity index (χ2n) is 14.3. The summed E-state index contributed by atoms with van der Waals surface area (Å²) in [5, 5.41) is 16.9. The van der Waals surface area contributed by atoms with Gasteiger partial charge in [-0.2, -0.15) is 0 Å². The topological polar surface area (TPSA) is 134 Å². The van der Waals surface area contributed by atoms with Crippen molar-refractivity contribution in [3.8, 4) is 0 Å². The lowest BCUT2D eigenvalue weighted by molar-refractivity contribution is -0.384. The minimum Gasteiger partial charge on any atom is -0.338 e. The minimum atomic E-state index is -1.39. The number of hydrogen-bond donors (Lipinski definition) is 2. The number of pyridine rings is 2. The summed E-state index contributed by atoms with van der Waals surface area (Å²) in [6, 6.07) is 15.5. The third kappa shape index (κ3) is 11.7. The van der Waals surface area contributed by atoms with Crippen LogP contribution in [0.15, 0.2) is 73.1 Å². The molecular weight excluding hydrogens is 769 g/mol. The number of nitrogens with zero attached hydrogens (tertiary/aromatic N) is 5. The summed E-state index contributed by atoms with van der Waals surface area (Å²) in [6.45, 7) is 6.49. The lowest BCUT2D eigenvalue weighted by atomic mass is 9.92. The van der Waals surface area contributed by atoms with Crippen LogP contribution in [-0.2, 0) is 13.1 Å². The number of piperidine rings is 2. The van der Waals surface area contributed by atoms with E-state index in [2.05, 4.69) is 20.6 Å². The highest BCUT2D eigenvalue weighted by Gasteiger charge is 2.37. The molecule has 0 aliphatic carbocycles. The minimum absolute atomic E-state index is 0.0911. The van der Waals surface area contributed by atoms with Crippen LogP contribution in [0.5, 0.6) is 0 Å². The Bertz CT molecular complexity index is 1990. The smallest absolute Gasteiger partial charge is 0.287 e. The molecule has 2 amide bonds. The van der Waals surface area contributed by atoms with Crippen molar-refractivity contribution in [2.24, 2.45) is 0 Å². The first-order chi connectivity index (χ1) is 26.6. The first-order valence-electron chi connectivity index (χ1n) is 18.2. The Balaban J connectivity index is 0.000000215. The molecule has 11 nitrogen and oxygen atoms in total. The summed E-state index contributed by atoms with van der Waals surface area (Å²) in [7, 11) is 0. The number of amides is 2. The predicted molar refractivity (Wildman–Crippen MR) is 209 cm³/mol. The molecule has 2 aliphatic heterocycles. The second kappa shape index (κ2) is 19.0. The number of benzene rings is 2. The number of rotatable bonds is 11. The van der Waals surface area contributed by atoms with Gasteiger partial charge in [0.25, 0.3) is 17.5 Å². The maximum atomic E-state index is 15.1. The fourth-order valence-electron chi connectivity index (χ4n) is 6.39. The van der Waals surface area contributed by atoms with E-state index in [0.29, 0.717) is 31.7 Å². The van der Waals surface area contributed by atoms with E-state index in [1.54, 1.807) is 22.2 Å². The van der Waals surface area contributed by atoms with Crippen LogP contribution in [0, 0.1) is 29.8 Å². The number of nitro groups is 1. The number of aromatic nitrogens is 2. The lowest BCUT2D eigenvalue weighted by Crippen LogP contribution is -2.48. The van der Waals surface area contributed by atoms with Crippen LogP contribution in [0.3, 0.4) is 0 Å². The molecule has 0 spiro atoms. The third-order valence-corrected chi connectivity index (χ3v) is 10.5. The number of carbonyl (C=O) groups excluding carboxylic acids is 2. The highest BCUT2D eigenvalue weighted by molar-refractivity contribution is 6.33. The Morgan fingerprint density at radius 2 is 1.16 bits per heavy atom. The standard InChI is InChI=1S/C20H22ClF2N3O.C20H22ClFN4O3/c1-14-2-4-16(25-11-14)12-24-13-20(23)6-8-26(9-7-20)19(27)15-3-5-18(22)17(21)10-15;1-14-2-4-16(24-11-14)12-23-13-20(22)6-8-25(9-7-20)19(27)15-3-5-18(26(28)29)17(21)10-15/h2-5,10-11,24H,6-9,12-13H2,1H3;2-5,10-11,23H,6-9,12-13H2,1H3/i22-1;. The SMILES string of the molecule is Cc1ccc(CNCC2(F)CCN(C(=O)c3ccc([18F])c(Cl)c3)CC2)nc1.Cc1ccc(CNCC2(F)CCN(C(=O)c3ccc([N+](=O)[O-])c(Cl)c3)CC2)nc1. The molecule has 2 aromatic carbocycles. The summed E-state index contributed by atoms with van der Waals surface area (Å²) in [6.07, 6.45) is 4.50. The van der Waals surface area contributed by atoms with E-state index in [0.717, 1.165) is 22.5 Å². The van der Waals surface area contributed by atoms with Crippen LogP contribution in [0.2, 0.25) is 10.0 Å². The Morgan fingerprint density at radius 3 is 1.54 bits per heavy atom. The van der Waals surface area contributed by atoms with Crippen molar-refractivity contribution in [3.63, 3.8) is 0 Å². The fraction of sp³-hybridized carbons (Fsp3) is 0.400. The molecule has 56 heavy (non-hydrogen) atoms. The number of carbonyl (C=O) groups is 2. The van der Waals surface area contributed by atoms with Gasteiger partial charge in [-0.05, 0) is 67.4 Å². The Hall–Kier alpha value is -4.63. The molecule has 2 N–H and O–H groups in total. The molecule has 0 radical (unpaired) electrons. The van der Waals surface area contributed by atoms with Crippen LogP contribution in [0.1, 0.15) is 68.9 Å². The molecule has 4 heterocycles.